The highest BCUT2D eigenvalue weighted by molar-refractivity contribution is 6.32. The molecule has 0 fully saturated rings. The number of rotatable bonds is 6. The van der Waals surface area contributed by atoms with Gasteiger partial charge in [0, 0.05) is 0 Å². The molecule has 0 radical (unpaired) electrons. The molecule has 0 saturated heterocycles. The molecular formula is C21H17Cl2N3O. The molecular weight excluding hydrogens is 381 g/mol. The first-order chi connectivity index (χ1) is 13.1. The van der Waals surface area contributed by atoms with E-state index >= 15 is 0 Å². The first-order valence-corrected chi connectivity index (χ1v) is 9.25. The monoisotopic (exact) mass is 397 g/mol. The molecule has 6 heteroatoms. The van der Waals surface area contributed by atoms with Gasteiger partial charge in [0.25, 0.3) is 0 Å². The number of aromatic nitrogens is 2. The van der Waals surface area contributed by atoms with Gasteiger partial charge in [-0.15, -0.1) is 0 Å². The van der Waals surface area contributed by atoms with E-state index < -0.39 is 0 Å². The molecule has 0 saturated carbocycles. The fraction of sp³-hybridized carbons (Fsp3) is 0.190. The van der Waals surface area contributed by atoms with Crippen molar-refractivity contribution in [1.29, 1.82) is 5.26 Å². The molecule has 0 unspecified atom stereocenters. The molecule has 0 atom stereocenters. The van der Waals surface area contributed by atoms with Crippen LogP contribution in [0.3, 0.4) is 0 Å². The van der Waals surface area contributed by atoms with E-state index in [0.29, 0.717) is 27.1 Å². The van der Waals surface area contributed by atoms with Gasteiger partial charge in [0.2, 0.25) is 0 Å². The third-order valence-electron chi connectivity index (χ3n) is 4.13. The second-order valence-electron chi connectivity index (χ2n) is 6.08. The van der Waals surface area contributed by atoms with E-state index in [0.717, 1.165) is 30.7 Å². The van der Waals surface area contributed by atoms with Crippen LogP contribution in [-0.2, 0) is 12.8 Å². The Balaban J connectivity index is 1.57. The number of nitriles is 1. The van der Waals surface area contributed by atoms with E-state index in [1.165, 1.54) is 5.56 Å². The number of ether oxygens (including phenoxy) is 1. The van der Waals surface area contributed by atoms with E-state index in [4.69, 9.17) is 33.2 Å². The molecule has 0 aliphatic carbocycles. The molecule has 2 aromatic carbocycles. The number of halogens is 2. The minimum atomic E-state index is 0.412. The highest BCUT2D eigenvalue weighted by Gasteiger charge is 2.07. The zero-order valence-electron chi connectivity index (χ0n) is 14.7. The average Bonchev–Trinajstić information content (AvgIpc) is 2.68. The van der Waals surface area contributed by atoms with Gasteiger partial charge in [-0.3, -0.25) is 0 Å². The van der Waals surface area contributed by atoms with Crippen molar-refractivity contribution in [3.63, 3.8) is 0 Å². The van der Waals surface area contributed by atoms with Crippen molar-refractivity contribution < 1.29 is 4.74 Å². The van der Waals surface area contributed by atoms with Crippen molar-refractivity contribution in [2.24, 2.45) is 0 Å². The Morgan fingerprint density at radius 2 is 1.81 bits per heavy atom. The maximum Gasteiger partial charge on any atom is 0.146 e. The molecule has 1 aromatic heterocycles. The minimum absolute atomic E-state index is 0.412. The van der Waals surface area contributed by atoms with Crippen LogP contribution in [0.15, 0.2) is 48.8 Å². The van der Waals surface area contributed by atoms with Crippen molar-refractivity contribution in [2.45, 2.75) is 26.2 Å². The third-order valence-corrected chi connectivity index (χ3v) is 4.91. The van der Waals surface area contributed by atoms with Crippen LogP contribution in [0, 0.1) is 18.3 Å². The lowest BCUT2D eigenvalue weighted by Crippen LogP contribution is -1.97. The van der Waals surface area contributed by atoms with Gasteiger partial charge in [0.1, 0.15) is 17.8 Å². The first kappa shape index (κ1) is 19.2. The molecule has 0 aliphatic heterocycles. The van der Waals surface area contributed by atoms with Gasteiger partial charge in [0.15, 0.2) is 0 Å². The molecule has 1 heterocycles. The summed E-state index contributed by atoms with van der Waals surface area (Å²) in [7, 11) is 0. The minimum Gasteiger partial charge on any atom is -0.456 e. The average molecular weight is 398 g/mol. The summed E-state index contributed by atoms with van der Waals surface area (Å²) < 4.78 is 5.79. The lowest BCUT2D eigenvalue weighted by molar-refractivity contribution is 0.482. The normalized spacial score (nSPS) is 10.4. The SMILES string of the molecule is Cc1ncnc(CCCc2ccc(Oc3ccc(C#N)cc3Cl)cc2)c1Cl. The highest BCUT2D eigenvalue weighted by Crippen LogP contribution is 2.30. The topological polar surface area (TPSA) is 58.8 Å². The standard InChI is InChI=1S/C21H17Cl2N3O/c1-14-21(23)19(26-13-25-14)4-2-3-15-5-8-17(9-6-15)27-20-10-7-16(12-24)11-18(20)22/h5-11,13H,2-4H2,1H3. The summed E-state index contributed by atoms with van der Waals surface area (Å²) in [6.07, 6.45) is 4.22. The van der Waals surface area contributed by atoms with E-state index in [1.807, 2.05) is 37.3 Å². The van der Waals surface area contributed by atoms with Crippen LogP contribution in [0.4, 0.5) is 0 Å². The van der Waals surface area contributed by atoms with Crippen LogP contribution in [0.1, 0.15) is 28.9 Å². The second-order valence-corrected chi connectivity index (χ2v) is 6.86. The van der Waals surface area contributed by atoms with E-state index in [-0.39, 0.29) is 0 Å². The molecule has 0 amide bonds. The number of hydrogen-bond donors (Lipinski definition) is 0. The maximum atomic E-state index is 8.88. The Hall–Kier alpha value is -2.61. The molecule has 4 nitrogen and oxygen atoms in total. The Morgan fingerprint density at radius 3 is 2.52 bits per heavy atom. The van der Waals surface area contributed by atoms with Gasteiger partial charge in [-0.2, -0.15) is 5.26 Å². The van der Waals surface area contributed by atoms with Gasteiger partial charge in [-0.1, -0.05) is 35.3 Å². The fourth-order valence-corrected chi connectivity index (χ4v) is 3.06. The molecule has 0 spiro atoms. The molecule has 0 N–H and O–H groups in total. The molecule has 0 bridgehead atoms. The van der Waals surface area contributed by atoms with Gasteiger partial charge in [0.05, 0.1) is 33.1 Å². The van der Waals surface area contributed by atoms with Gasteiger partial charge < -0.3 is 4.74 Å². The molecule has 3 rings (SSSR count). The molecule has 3 aromatic rings. The smallest absolute Gasteiger partial charge is 0.146 e. The first-order valence-electron chi connectivity index (χ1n) is 8.49. The molecule has 27 heavy (non-hydrogen) atoms. The maximum absolute atomic E-state index is 8.88. The summed E-state index contributed by atoms with van der Waals surface area (Å²) in [6, 6.07) is 14.9. The van der Waals surface area contributed by atoms with Crippen LogP contribution in [-0.4, -0.2) is 9.97 Å². The zero-order chi connectivity index (χ0) is 19.2. The predicted molar refractivity (Wildman–Crippen MR) is 106 cm³/mol. The van der Waals surface area contributed by atoms with Crippen LogP contribution in [0.5, 0.6) is 11.5 Å². The summed E-state index contributed by atoms with van der Waals surface area (Å²) in [6.45, 7) is 1.88. The Morgan fingerprint density at radius 1 is 1.04 bits per heavy atom. The van der Waals surface area contributed by atoms with Crippen molar-refractivity contribution in [3.05, 3.63) is 81.4 Å². The zero-order valence-corrected chi connectivity index (χ0v) is 16.3. The molecule has 136 valence electrons. The number of nitrogens with zero attached hydrogens (tertiary/aromatic N) is 3. The Bertz CT molecular complexity index is 982. The summed E-state index contributed by atoms with van der Waals surface area (Å²) >= 11 is 12.4. The summed E-state index contributed by atoms with van der Waals surface area (Å²) in [5.74, 6) is 1.22. The second kappa shape index (κ2) is 8.85. The van der Waals surface area contributed by atoms with Crippen LogP contribution in [0.2, 0.25) is 10.0 Å². The summed E-state index contributed by atoms with van der Waals surface area (Å²) in [5.41, 5.74) is 3.40. The van der Waals surface area contributed by atoms with Crippen LogP contribution in [0.25, 0.3) is 0 Å². The number of benzene rings is 2. The number of aryl methyl sites for hydroxylation is 3. The van der Waals surface area contributed by atoms with Crippen LogP contribution >= 0.6 is 23.2 Å². The third kappa shape index (κ3) is 4.97. The summed E-state index contributed by atoms with van der Waals surface area (Å²) in [5, 5.41) is 9.95. The Kier molecular flexibility index (Phi) is 6.28. The van der Waals surface area contributed by atoms with Crippen molar-refractivity contribution in [3.8, 4) is 17.6 Å². The van der Waals surface area contributed by atoms with Crippen molar-refractivity contribution >= 4 is 23.2 Å². The van der Waals surface area contributed by atoms with Gasteiger partial charge >= 0.3 is 0 Å². The lowest BCUT2D eigenvalue weighted by Gasteiger charge is -2.09. The quantitative estimate of drug-likeness (QED) is 0.516. The number of hydrogen-bond acceptors (Lipinski definition) is 4. The Labute approximate surface area is 168 Å². The van der Waals surface area contributed by atoms with E-state index in [9.17, 15) is 0 Å². The predicted octanol–water partition coefficient (Wildman–Crippen LogP) is 5.93. The lowest BCUT2D eigenvalue weighted by atomic mass is 10.1. The summed E-state index contributed by atoms with van der Waals surface area (Å²) in [4.78, 5) is 8.34. The largest absolute Gasteiger partial charge is 0.456 e. The highest BCUT2D eigenvalue weighted by atomic mass is 35.5. The van der Waals surface area contributed by atoms with Crippen LogP contribution < -0.4 is 4.74 Å². The van der Waals surface area contributed by atoms with Crippen molar-refractivity contribution in [2.75, 3.05) is 0 Å². The van der Waals surface area contributed by atoms with E-state index in [1.54, 1.807) is 24.5 Å². The van der Waals surface area contributed by atoms with Gasteiger partial charge in [-0.25, -0.2) is 9.97 Å². The fourth-order valence-electron chi connectivity index (χ4n) is 2.65. The van der Waals surface area contributed by atoms with E-state index in [2.05, 4.69) is 9.97 Å². The van der Waals surface area contributed by atoms with Crippen molar-refractivity contribution in [1.82, 2.24) is 9.97 Å². The van der Waals surface area contributed by atoms with Gasteiger partial charge in [-0.05, 0) is 62.1 Å². The molecule has 0 aliphatic rings.